The van der Waals surface area contributed by atoms with Crippen molar-refractivity contribution in [3.05, 3.63) is 70.8 Å². The molecule has 0 atom stereocenters. The largest absolute Gasteiger partial charge is 0.416 e. The Bertz CT molecular complexity index is 703. The van der Waals surface area contributed by atoms with E-state index < -0.39 is 23.3 Å². The van der Waals surface area contributed by atoms with E-state index >= 15 is 0 Å². The zero-order chi connectivity index (χ0) is 15.6. The van der Waals surface area contributed by atoms with Crippen molar-refractivity contribution >= 4 is 11.6 Å². The van der Waals surface area contributed by atoms with Gasteiger partial charge in [0.2, 0.25) is 11.6 Å². The number of Topliss-reactive ketones (excluding diaryl/α,β-unsaturated/α-hetero) is 2. The first-order chi connectivity index (χ1) is 9.79. The van der Waals surface area contributed by atoms with Crippen LogP contribution < -0.4 is 0 Å². The lowest BCUT2D eigenvalue weighted by Gasteiger charge is -2.08. The number of hydrogen-bond acceptors (Lipinski definition) is 2. The summed E-state index contributed by atoms with van der Waals surface area (Å²) in [5.41, 5.74) is -0.267. The number of ketones is 2. The highest BCUT2D eigenvalue weighted by molar-refractivity contribution is 6.49. The van der Waals surface area contributed by atoms with Crippen LogP contribution in [0.5, 0.6) is 0 Å². The fourth-order valence-electron chi connectivity index (χ4n) is 1.89. The molecular formula is C16H11F3O2. The van der Waals surface area contributed by atoms with Crippen molar-refractivity contribution in [3.63, 3.8) is 0 Å². The van der Waals surface area contributed by atoms with Crippen molar-refractivity contribution in [2.24, 2.45) is 0 Å². The zero-order valence-electron chi connectivity index (χ0n) is 11.1. The van der Waals surface area contributed by atoms with E-state index in [4.69, 9.17) is 0 Å². The van der Waals surface area contributed by atoms with E-state index in [0.29, 0.717) is 6.07 Å². The Morgan fingerprint density at radius 1 is 0.857 bits per heavy atom. The normalized spacial score (nSPS) is 11.2. The lowest BCUT2D eigenvalue weighted by molar-refractivity contribution is -0.137. The number of hydrogen-bond donors (Lipinski definition) is 0. The monoisotopic (exact) mass is 292 g/mol. The second kappa shape index (κ2) is 5.52. The van der Waals surface area contributed by atoms with Crippen LogP contribution in [0, 0.1) is 6.92 Å². The van der Waals surface area contributed by atoms with Gasteiger partial charge in [0, 0.05) is 11.1 Å². The zero-order valence-corrected chi connectivity index (χ0v) is 11.1. The molecule has 0 aromatic heterocycles. The third-order valence-corrected chi connectivity index (χ3v) is 2.94. The van der Waals surface area contributed by atoms with Crippen LogP contribution in [0.1, 0.15) is 31.8 Å². The van der Waals surface area contributed by atoms with Gasteiger partial charge in [-0.05, 0) is 25.1 Å². The Labute approximate surface area is 119 Å². The van der Waals surface area contributed by atoms with Gasteiger partial charge in [0.15, 0.2) is 0 Å². The van der Waals surface area contributed by atoms with E-state index in [1.165, 1.54) is 18.2 Å². The number of alkyl halides is 3. The molecule has 0 N–H and O–H groups in total. The molecule has 0 unspecified atom stereocenters. The highest BCUT2D eigenvalue weighted by atomic mass is 19.4. The van der Waals surface area contributed by atoms with Gasteiger partial charge in [0.05, 0.1) is 5.56 Å². The molecule has 0 aliphatic heterocycles. The van der Waals surface area contributed by atoms with Crippen LogP contribution in [-0.2, 0) is 6.18 Å². The fourth-order valence-corrected chi connectivity index (χ4v) is 1.89. The van der Waals surface area contributed by atoms with Gasteiger partial charge >= 0.3 is 6.18 Å². The van der Waals surface area contributed by atoms with Crippen molar-refractivity contribution in [3.8, 4) is 0 Å². The summed E-state index contributed by atoms with van der Waals surface area (Å²) >= 11 is 0. The van der Waals surface area contributed by atoms with E-state index in [0.717, 1.165) is 17.7 Å². The molecule has 0 bridgehead atoms. The maximum absolute atomic E-state index is 12.6. The predicted molar refractivity (Wildman–Crippen MR) is 71.3 cm³/mol. The molecule has 0 aliphatic carbocycles. The third-order valence-electron chi connectivity index (χ3n) is 2.94. The molecule has 0 saturated heterocycles. The second-order valence-corrected chi connectivity index (χ2v) is 4.61. The summed E-state index contributed by atoms with van der Waals surface area (Å²) in [6, 6.07) is 10.2. The minimum absolute atomic E-state index is 0.164. The van der Waals surface area contributed by atoms with Crippen molar-refractivity contribution in [1.82, 2.24) is 0 Å². The maximum Gasteiger partial charge on any atom is 0.416 e. The number of rotatable bonds is 3. The van der Waals surface area contributed by atoms with E-state index in [9.17, 15) is 22.8 Å². The number of benzene rings is 2. The summed E-state index contributed by atoms with van der Waals surface area (Å²) in [6.45, 7) is 1.76. The van der Waals surface area contributed by atoms with Gasteiger partial charge in [-0.25, -0.2) is 0 Å². The topological polar surface area (TPSA) is 34.1 Å². The van der Waals surface area contributed by atoms with Gasteiger partial charge < -0.3 is 0 Å². The molecule has 2 aromatic rings. The smallest absolute Gasteiger partial charge is 0.285 e. The van der Waals surface area contributed by atoms with Crippen molar-refractivity contribution in [1.29, 1.82) is 0 Å². The van der Waals surface area contributed by atoms with Gasteiger partial charge in [-0.3, -0.25) is 9.59 Å². The number of aryl methyl sites for hydroxylation is 1. The molecule has 0 aliphatic rings. The summed E-state index contributed by atoms with van der Waals surface area (Å²) in [4.78, 5) is 24.0. The molecule has 0 fully saturated rings. The van der Waals surface area contributed by atoms with E-state index in [1.54, 1.807) is 19.1 Å². The Balaban J connectivity index is 2.34. The van der Waals surface area contributed by atoms with Gasteiger partial charge in [-0.1, -0.05) is 35.9 Å². The van der Waals surface area contributed by atoms with Crippen LogP contribution >= 0.6 is 0 Å². The summed E-state index contributed by atoms with van der Waals surface area (Å²) in [7, 11) is 0. The molecule has 21 heavy (non-hydrogen) atoms. The van der Waals surface area contributed by atoms with E-state index in [-0.39, 0.29) is 11.1 Å². The van der Waals surface area contributed by atoms with E-state index in [2.05, 4.69) is 0 Å². The second-order valence-electron chi connectivity index (χ2n) is 4.61. The van der Waals surface area contributed by atoms with E-state index in [1.807, 2.05) is 0 Å². The van der Waals surface area contributed by atoms with Gasteiger partial charge in [-0.15, -0.1) is 0 Å². The van der Waals surface area contributed by atoms with Crippen LogP contribution in [-0.4, -0.2) is 11.6 Å². The minimum atomic E-state index is -4.55. The van der Waals surface area contributed by atoms with Gasteiger partial charge in [0.1, 0.15) is 0 Å². The third kappa shape index (κ3) is 3.37. The van der Waals surface area contributed by atoms with Crippen LogP contribution in [0.25, 0.3) is 0 Å². The molecule has 2 aromatic carbocycles. The van der Waals surface area contributed by atoms with Gasteiger partial charge in [-0.2, -0.15) is 13.2 Å². The van der Waals surface area contributed by atoms with Crippen molar-refractivity contribution in [2.75, 3.05) is 0 Å². The SMILES string of the molecule is Cc1cccc(C(=O)C(=O)c2cccc(C(F)(F)F)c2)c1. The summed E-state index contributed by atoms with van der Waals surface area (Å²) in [6.07, 6.45) is -4.55. The average molecular weight is 292 g/mol. The molecule has 5 heteroatoms. The van der Waals surface area contributed by atoms with Crippen molar-refractivity contribution < 1.29 is 22.8 Å². The molecule has 0 saturated carbocycles. The number of carbonyl (C=O) groups is 2. The summed E-state index contributed by atoms with van der Waals surface area (Å²) in [5, 5.41) is 0. The average Bonchev–Trinajstić information content (AvgIpc) is 2.45. The van der Waals surface area contributed by atoms with Gasteiger partial charge in [0.25, 0.3) is 0 Å². The highest BCUT2D eigenvalue weighted by Gasteiger charge is 2.31. The standard InChI is InChI=1S/C16H11F3O2/c1-10-4-2-5-11(8-10)14(20)15(21)12-6-3-7-13(9-12)16(17,18)19/h2-9H,1H3. The first-order valence-corrected chi connectivity index (χ1v) is 6.12. The molecule has 0 amide bonds. The van der Waals surface area contributed by atoms with Crippen molar-refractivity contribution in [2.45, 2.75) is 13.1 Å². The minimum Gasteiger partial charge on any atom is -0.285 e. The molecule has 0 heterocycles. The Morgan fingerprint density at radius 2 is 1.38 bits per heavy atom. The lowest BCUT2D eigenvalue weighted by atomic mass is 9.99. The first-order valence-electron chi connectivity index (χ1n) is 6.12. The Morgan fingerprint density at radius 3 is 1.90 bits per heavy atom. The van der Waals surface area contributed by atoms with Crippen LogP contribution in [0.4, 0.5) is 13.2 Å². The summed E-state index contributed by atoms with van der Waals surface area (Å²) < 4.78 is 37.8. The van der Waals surface area contributed by atoms with Crippen LogP contribution in [0.15, 0.2) is 48.5 Å². The number of halogens is 3. The number of carbonyl (C=O) groups excluding carboxylic acids is 2. The Hall–Kier alpha value is -2.43. The first kappa shape index (κ1) is 15.0. The fraction of sp³-hybridized carbons (Fsp3) is 0.125. The Kier molecular flexibility index (Phi) is 3.93. The maximum atomic E-state index is 12.6. The lowest BCUT2D eigenvalue weighted by Crippen LogP contribution is -2.16. The highest BCUT2D eigenvalue weighted by Crippen LogP contribution is 2.29. The quantitative estimate of drug-likeness (QED) is 0.631. The summed E-state index contributed by atoms with van der Waals surface area (Å²) in [5.74, 6) is -1.77. The molecule has 108 valence electrons. The van der Waals surface area contributed by atoms with Crippen LogP contribution in [0.3, 0.4) is 0 Å². The molecule has 2 rings (SSSR count). The predicted octanol–water partition coefficient (Wildman–Crippen LogP) is 4.08. The molecule has 2 nitrogen and oxygen atoms in total. The van der Waals surface area contributed by atoms with Crippen LogP contribution in [0.2, 0.25) is 0 Å². The molecule has 0 radical (unpaired) electrons. The molecular weight excluding hydrogens is 281 g/mol. The molecule has 0 spiro atoms.